The number of esters is 14. The molecule has 0 amide bonds. The van der Waals surface area contributed by atoms with Crippen LogP contribution in [0.1, 0.15) is 363 Å². The molecule has 28 heteroatoms. The van der Waals surface area contributed by atoms with Gasteiger partial charge in [-0.2, -0.15) is 0 Å². The Morgan fingerprint density at radius 2 is 0.401 bits per heavy atom. The molecule has 10 rings (SSSR count). The van der Waals surface area contributed by atoms with Crippen LogP contribution in [-0.2, 0) is 111 Å². The molecule has 0 spiro atoms. The average molecular weight is 1960 g/mol. The Kier molecular flexibility index (Phi) is 44.5. The van der Waals surface area contributed by atoms with E-state index in [0.29, 0.717) is 97.0 Å². The molecular weight excluding hydrogens is 1820 g/mol. The van der Waals surface area contributed by atoms with Crippen LogP contribution in [0, 0.1) is 11.8 Å². The Balaban J connectivity index is 0.000000355. The highest BCUT2D eigenvalue weighted by Gasteiger charge is 2.46. The van der Waals surface area contributed by atoms with Gasteiger partial charge in [-0.15, -0.1) is 0 Å². The predicted molar refractivity (Wildman–Crippen MR) is 530 cm³/mol. The highest BCUT2D eigenvalue weighted by Crippen LogP contribution is 2.57. The summed E-state index contributed by atoms with van der Waals surface area (Å²) in [5, 5.41) is 0. The first-order chi connectivity index (χ1) is 68.0. The van der Waals surface area contributed by atoms with Crippen LogP contribution in [0.3, 0.4) is 0 Å². The lowest BCUT2D eigenvalue weighted by atomic mass is 9.57. The number of carbonyl (C=O) groups excluding carboxylic acids is 14. The summed E-state index contributed by atoms with van der Waals surface area (Å²) < 4.78 is 73.6. The smallest absolute Gasteiger partial charge is 0.311 e. The maximum atomic E-state index is 13.2. The zero-order chi connectivity index (χ0) is 103. The van der Waals surface area contributed by atoms with Crippen LogP contribution < -0.4 is 33.2 Å². The molecular formula is C114H142O28. The second-order valence-electron chi connectivity index (χ2n) is 38.3. The van der Waals surface area contributed by atoms with Crippen molar-refractivity contribution in [3.63, 3.8) is 0 Å². The van der Waals surface area contributed by atoms with Gasteiger partial charge < -0.3 is 66.3 Å². The second kappa shape index (κ2) is 56.1. The quantitative estimate of drug-likeness (QED) is 0.0194. The van der Waals surface area contributed by atoms with Crippen molar-refractivity contribution in [1.82, 2.24) is 0 Å². The van der Waals surface area contributed by atoms with E-state index in [2.05, 4.69) is 118 Å². The van der Waals surface area contributed by atoms with E-state index in [1.54, 1.807) is 36.4 Å². The molecule has 0 N–H and O–H groups in total. The molecule has 0 heterocycles. The normalized spacial score (nSPS) is 15.5. The number of hydrogen-bond donors (Lipinski definition) is 0. The zero-order valence-electron chi connectivity index (χ0n) is 85.1. The Morgan fingerprint density at radius 1 is 0.232 bits per heavy atom. The number of carbonyl (C=O) groups is 14. The Hall–Kier alpha value is -12.9. The molecule has 766 valence electrons. The Labute approximate surface area is 834 Å². The van der Waals surface area contributed by atoms with Gasteiger partial charge in [-0.25, -0.2) is 0 Å². The van der Waals surface area contributed by atoms with Crippen molar-refractivity contribution in [2.75, 3.05) is 49.8 Å². The molecule has 0 atom stereocenters. The second-order valence-corrected chi connectivity index (χ2v) is 38.3. The third-order valence-electron chi connectivity index (χ3n) is 27.4. The minimum absolute atomic E-state index is 0.000165. The summed E-state index contributed by atoms with van der Waals surface area (Å²) in [4.78, 5) is 171. The summed E-state index contributed by atoms with van der Waals surface area (Å²) in [5.74, 6) is -1.08. The first-order valence-electron chi connectivity index (χ1n) is 49.8. The Bertz CT molecular complexity index is 4830. The van der Waals surface area contributed by atoms with Gasteiger partial charge in [0.2, 0.25) is 0 Å². The van der Waals surface area contributed by atoms with E-state index in [0.717, 1.165) is 132 Å². The SMILES string of the molecule is COC(=O)CCCC(=O)Oc1ccc(C2(c3ccc(OC(=O)CCCC(=O)OC)c(C(C)C)c3)CCC(C3CCC(c4ccc(OC(=O)CCCC(=O)OC)c(C(C)C)c4)(c4ccc(OC(=O)CCCC(=O)OC)c(C(C)C)c4)CC3)CC2)cc1C(C)C.COC(=O)CCCC(=O)Oc1ccc(C2CC(c3ccc(OC(=O)CCCC(=O)OC)cc3)CC(c3ccc(OC(=O)CCCC(=O)OC)cc3)C2)cc1. The van der Waals surface area contributed by atoms with Crippen molar-refractivity contribution < 1.29 is 133 Å². The Morgan fingerprint density at radius 3 is 0.570 bits per heavy atom. The third-order valence-corrected chi connectivity index (χ3v) is 27.4. The molecule has 0 aliphatic heterocycles. The molecule has 3 saturated carbocycles. The number of rotatable bonds is 47. The van der Waals surface area contributed by atoms with E-state index in [1.807, 2.05) is 60.7 Å². The van der Waals surface area contributed by atoms with E-state index in [9.17, 15) is 67.1 Å². The van der Waals surface area contributed by atoms with Crippen molar-refractivity contribution >= 4 is 83.6 Å². The highest BCUT2D eigenvalue weighted by atomic mass is 16.6. The maximum Gasteiger partial charge on any atom is 0.311 e. The van der Waals surface area contributed by atoms with Gasteiger partial charge in [-0.3, -0.25) is 67.1 Å². The van der Waals surface area contributed by atoms with E-state index >= 15 is 0 Å². The number of methoxy groups -OCH3 is 7. The third kappa shape index (κ3) is 33.7. The monoisotopic (exact) mass is 1960 g/mol. The molecule has 142 heavy (non-hydrogen) atoms. The zero-order valence-corrected chi connectivity index (χ0v) is 85.1. The van der Waals surface area contributed by atoms with Crippen molar-refractivity contribution in [2.45, 2.75) is 313 Å². The molecule has 0 saturated heterocycles. The first kappa shape index (κ1) is 113. The summed E-state index contributed by atoms with van der Waals surface area (Å²) in [6, 6.07) is 47.4. The lowest BCUT2D eigenvalue weighted by molar-refractivity contribution is -0.142. The van der Waals surface area contributed by atoms with E-state index in [4.69, 9.17) is 52.1 Å². The van der Waals surface area contributed by atoms with Crippen LogP contribution in [-0.4, -0.2) is 133 Å². The number of hydrogen-bond acceptors (Lipinski definition) is 28. The lowest BCUT2D eigenvalue weighted by Crippen LogP contribution is -2.39. The molecule has 7 aromatic carbocycles. The van der Waals surface area contributed by atoms with Gasteiger partial charge in [0.25, 0.3) is 0 Å². The van der Waals surface area contributed by atoms with Crippen LogP contribution in [0.25, 0.3) is 0 Å². The topological polar surface area (TPSA) is 368 Å². The highest BCUT2D eigenvalue weighted by molar-refractivity contribution is 5.80. The fourth-order valence-electron chi connectivity index (χ4n) is 19.4. The molecule has 3 fully saturated rings. The fraction of sp³-hybridized carbons (Fsp3) is 0.509. The number of benzene rings is 7. The van der Waals surface area contributed by atoms with Gasteiger partial charge in [0.15, 0.2) is 0 Å². The van der Waals surface area contributed by atoms with Gasteiger partial charge >= 0.3 is 83.6 Å². The minimum Gasteiger partial charge on any atom is -0.469 e. The van der Waals surface area contributed by atoms with Crippen molar-refractivity contribution in [3.8, 4) is 40.2 Å². The first-order valence-corrected chi connectivity index (χ1v) is 49.8. The molecule has 3 aliphatic carbocycles. The molecule has 0 unspecified atom stereocenters. The lowest BCUT2D eigenvalue weighted by Gasteiger charge is -2.47. The van der Waals surface area contributed by atoms with Gasteiger partial charge in [0.05, 0.1) is 49.8 Å². The van der Waals surface area contributed by atoms with Gasteiger partial charge in [-0.05, 0) is 291 Å². The summed E-state index contributed by atoms with van der Waals surface area (Å²) in [6.45, 7) is 16.7. The number of ether oxygens (including phenoxy) is 14. The maximum absolute atomic E-state index is 13.2. The van der Waals surface area contributed by atoms with E-state index < -0.39 is 52.6 Å². The standard InChI is InChI=1S/C72H94O16.C42H48O12/c1-45(2)55-41-51(25-29-59(55)85-67(77)21-13-17-63(73)81-9)71(52-26-30-60(56(42-52)46(3)4)86-68(78)22-14-18-64(74)82-10)37-33-49(34-38-71)50-35-39-72(40-36-50,53-27-31-61(57(43-53)47(5)6)87-69(79)23-15-19-65(75)83-11)54-28-32-62(58(44-54)48(7)8)88-70(80)24-16-20-66(76)84-12;1-49-37(43)7-4-10-40(46)52-34-19-13-28(14-20-34)31-25-32(29-15-21-35(22-16-29)53-41(47)11-5-8-38(44)50-2)27-33(26-31)30-17-23-36(24-18-30)54-42(48)12-6-9-39(45)51-3/h25-32,41-50H,13-24,33-40H2,1-12H3;13-24,31-33H,4-12,25-27H2,1-3H3. The molecule has 3 aliphatic rings. The van der Waals surface area contributed by atoms with E-state index in [1.165, 1.54) is 49.8 Å². The summed E-state index contributed by atoms with van der Waals surface area (Å²) in [5.41, 5.74) is 10.4. The van der Waals surface area contributed by atoms with Crippen LogP contribution in [0.4, 0.5) is 0 Å². The summed E-state index contributed by atoms with van der Waals surface area (Å²) in [7, 11) is 9.22. The largest absolute Gasteiger partial charge is 0.469 e. The molecule has 7 aromatic rings. The van der Waals surface area contributed by atoms with Crippen LogP contribution in [0.2, 0.25) is 0 Å². The summed E-state index contributed by atoms with van der Waals surface area (Å²) >= 11 is 0. The van der Waals surface area contributed by atoms with Crippen molar-refractivity contribution in [3.05, 3.63) is 207 Å². The van der Waals surface area contributed by atoms with Crippen molar-refractivity contribution in [2.24, 2.45) is 11.8 Å². The van der Waals surface area contributed by atoms with E-state index in [-0.39, 0.29) is 173 Å². The van der Waals surface area contributed by atoms with Gasteiger partial charge in [0, 0.05) is 101 Å². The molecule has 0 aromatic heterocycles. The van der Waals surface area contributed by atoms with Gasteiger partial charge in [-0.1, -0.05) is 140 Å². The van der Waals surface area contributed by atoms with Crippen LogP contribution in [0.15, 0.2) is 146 Å². The van der Waals surface area contributed by atoms with Gasteiger partial charge in [0.1, 0.15) is 40.2 Å². The van der Waals surface area contributed by atoms with Crippen LogP contribution in [0.5, 0.6) is 40.2 Å². The molecule has 0 bridgehead atoms. The van der Waals surface area contributed by atoms with Crippen LogP contribution >= 0.6 is 0 Å². The van der Waals surface area contributed by atoms with Crippen molar-refractivity contribution in [1.29, 1.82) is 0 Å². The predicted octanol–water partition coefficient (Wildman–Crippen LogP) is 22.1. The molecule has 28 nitrogen and oxygen atoms in total. The minimum atomic E-state index is -0.464. The molecule has 0 radical (unpaired) electrons. The fourth-order valence-corrected chi connectivity index (χ4v) is 19.4. The summed E-state index contributed by atoms with van der Waals surface area (Å²) in [6.07, 6.45) is 13.4. The average Bonchev–Trinajstić information content (AvgIpc) is 0.743.